The van der Waals surface area contributed by atoms with E-state index in [9.17, 15) is 4.79 Å². The summed E-state index contributed by atoms with van der Waals surface area (Å²) in [5.74, 6) is 0.873. The first-order chi connectivity index (χ1) is 11.5. The van der Waals surface area contributed by atoms with Gasteiger partial charge in [-0.2, -0.15) is 4.98 Å². The van der Waals surface area contributed by atoms with E-state index in [1.165, 1.54) is 4.88 Å². The molecule has 1 amide bonds. The molecule has 1 atom stereocenters. The van der Waals surface area contributed by atoms with Gasteiger partial charge in [0.1, 0.15) is 0 Å². The molecular weight excluding hydrogens is 324 g/mol. The Hall–Kier alpha value is -2.35. The summed E-state index contributed by atoms with van der Waals surface area (Å²) in [4.78, 5) is 26.8. The number of anilines is 1. The molecule has 0 radical (unpaired) electrons. The number of rotatable bonds is 2. The Kier molecular flexibility index (Phi) is 3.56. The first-order valence-corrected chi connectivity index (χ1v) is 8.82. The van der Waals surface area contributed by atoms with Crippen molar-refractivity contribution < 1.29 is 4.79 Å². The number of nitrogens with one attached hydrogen (secondary N) is 1. The third kappa shape index (κ3) is 2.66. The highest BCUT2D eigenvalue weighted by atomic mass is 32.1. The smallest absolute Gasteiger partial charge is 0.295 e. The molecule has 1 aliphatic rings. The SMILES string of the molecule is Cc1cc(C)n2nc(C(=O)Nc3nc4c(s3)C[C@H](C)CC4)nc2n1. The number of aromatic nitrogens is 5. The summed E-state index contributed by atoms with van der Waals surface area (Å²) in [7, 11) is 0. The number of hydrogen-bond donors (Lipinski definition) is 1. The fraction of sp³-hybridized carbons (Fsp3) is 0.438. The number of carbonyl (C=O) groups excluding carboxylic acids is 1. The molecule has 3 heterocycles. The summed E-state index contributed by atoms with van der Waals surface area (Å²) >= 11 is 1.55. The lowest BCUT2D eigenvalue weighted by Gasteiger charge is -2.15. The Morgan fingerprint density at radius 2 is 2.17 bits per heavy atom. The average Bonchev–Trinajstić information content (AvgIpc) is 3.10. The minimum absolute atomic E-state index is 0.109. The van der Waals surface area contributed by atoms with E-state index in [0.717, 1.165) is 36.3 Å². The number of carbonyl (C=O) groups is 1. The maximum atomic E-state index is 12.4. The molecular formula is C16H18N6OS. The van der Waals surface area contributed by atoms with E-state index >= 15 is 0 Å². The van der Waals surface area contributed by atoms with Crippen LogP contribution in [0.4, 0.5) is 5.13 Å². The van der Waals surface area contributed by atoms with Gasteiger partial charge in [0.2, 0.25) is 5.82 Å². The van der Waals surface area contributed by atoms with Gasteiger partial charge in [-0.15, -0.1) is 16.4 Å². The van der Waals surface area contributed by atoms with Crippen LogP contribution in [0.25, 0.3) is 5.78 Å². The fourth-order valence-electron chi connectivity index (χ4n) is 3.01. The molecule has 1 aliphatic carbocycles. The minimum atomic E-state index is -0.350. The lowest BCUT2D eigenvalue weighted by Crippen LogP contribution is -2.14. The average molecular weight is 342 g/mol. The highest BCUT2D eigenvalue weighted by molar-refractivity contribution is 7.15. The van der Waals surface area contributed by atoms with E-state index in [4.69, 9.17) is 0 Å². The molecule has 0 saturated heterocycles. The van der Waals surface area contributed by atoms with Gasteiger partial charge in [-0.05, 0) is 45.1 Å². The lowest BCUT2D eigenvalue weighted by atomic mass is 9.93. The maximum absolute atomic E-state index is 12.4. The van der Waals surface area contributed by atoms with Crippen LogP contribution in [0.5, 0.6) is 0 Å². The molecule has 3 aromatic rings. The maximum Gasteiger partial charge on any atom is 0.297 e. The first-order valence-electron chi connectivity index (χ1n) is 8.00. The van der Waals surface area contributed by atoms with Crippen LogP contribution in [0, 0.1) is 19.8 Å². The molecule has 7 nitrogen and oxygen atoms in total. The summed E-state index contributed by atoms with van der Waals surface area (Å²) < 4.78 is 1.58. The molecule has 0 aliphatic heterocycles. The highest BCUT2D eigenvalue weighted by Crippen LogP contribution is 2.32. The van der Waals surface area contributed by atoms with Crippen molar-refractivity contribution >= 4 is 28.2 Å². The van der Waals surface area contributed by atoms with Crippen LogP contribution in [0.1, 0.15) is 45.9 Å². The number of fused-ring (bicyclic) bond motifs is 2. The van der Waals surface area contributed by atoms with Crippen molar-refractivity contribution in [3.05, 3.63) is 33.8 Å². The molecule has 0 unspecified atom stereocenters. The van der Waals surface area contributed by atoms with Crippen molar-refractivity contribution in [1.82, 2.24) is 24.6 Å². The summed E-state index contributed by atoms with van der Waals surface area (Å²) in [5.41, 5.74) is 2.85. The van der Waals surface area contributed by atoms with Crippen LogP contribution in [-0.2, 0) is 12.8 Å². The lowest BCUT2D eigenvalue weighted by molar-refractivity contribution is 0.101. The van der Waals surface area contributed by atoms with E-state index in [1.807, 2.05) is 19.9 Å². The molecule has 0 fully saturated rings. The van der Waals surface area contributed by atoms with Crippen LogP contribution < -0.4 is 5.32 Å². The second-order valence-corrected chi connectivity index (χ2v) is 7.46. The minimum Gasteiger partial charge on any atom is -0.295 e. The molecule has 0 bridgehead atoms. The van der Waals surface area contributed by atoms with Crippen LogP contribution >= 0.6 is 11.3 Å². The van der Waals surface area contributed by atoms with Gasteiger partial charge in [0.05, 0.1) is 5.69 Å². The summed E-state index contributed by atoms with van der Waals surface area (Å²) in [6, 6.07) is 1.90. The Labute approximate surface area is 143 Å². The fourth-order valence-corrected chi connectivity index (χ4v) is 4.18. The van der Waals surface area contributed by atoms with Crippen LogP contribution in [0.15, 0.2) is 6.07 Å². The van der Waals surface area contributed by atoms with Gasteiger partial charge in [0.25, 0.3) is 11.7 Å². The molecule has 0 saturated carbocycles. The van der Waals surface area contributed by atoms with Gasteiger partial charge >= 0.3 is 0 Å². The van der Waals surface area contributed by atoms with Gasteiger partial charge in [-0.25, -0.2) is 14.5 Å². The summed E-state index contributed by atoms with van der Waals surface area (Å²) in [6.45, 7) is 6.05. The van der Waals surface area contributed by atoms with Crippen LogP contribution in [0.3, 0.4) is 0 Å². The van der Waals surface area contributed by atoms with E-state index in [0.29, 0.717) is 16.8 Å². The number of amides is 1. The number of hydrogen-bond acceptors (Lipinski definition) is 6. The number of aryl methyl sites for hydroxylation is 3. The van der Waals surface area contributed by atoms with Crippen molar-refractivity contribution in [2.45, 2.75) is 40.0 Å². The first kappa shape index (κ1) is 15.2. The van der Waals surface area contributed by atoms with Crippen molar-refractivity contribution in [1.29, 1.82) is 0 Å². The summed E-state index contributed by atoms with van der Waals surface area (Å²) in [5, 5.41) is 7.70. The van der Waals surface area contributed by atoms with Crippen molar-refractivity contribution in [2.24, 2.45) is 5.92 Å². The Bertz CT molecular complexity index is 944. The van der Waals surface area contributed by atoms with E-state index in [1.54, 1.807) is 15.9 Å². The van der Waals surface area contributed by atoms with E-state index in [2.05, 4.69) is 32.3 Å². The molecule has 24 heavy (non-hydrogen) atoms. The molecule has 4 rings (SSSR count). The predicted molar refractivity (Wildman–Crippen MR) is 91.5 cm³/mol. The molecule has 124 valence electrons. The molecule has 1 N–H and O–H groups in total. The zero-order valence-corrected chi connectivity index (χ0v) is 14.6. The topological polar surface area (TPSA) is 85.1 Å². The van der Waals surface area contributed by atoms with Gasteiger partial charge in [-0.3, -0.25) is 10.1 Å². The molecule has 8 heteroatoms. The molecule has 0 aromatic carbocycles. The van der Waals surface area contributed by atoms with Crippen LogP contribution in [-0.4, -0.2) is 30.5 Å². The Morgan fingerprint density at radius 1 is 1.33 bits per heavy atom. The van der Waals surface area contributed by atoms with Gasteiger partial charge in [0.15, 0.2) is 5.13 Å². The zero-order chi connectivity index (χ0) is 16.8. The van der Waals surface area contributed by atoms with Gasteiger partial charge in [-0.1, -0.05) is 6.92 Å². The quantitative estimate of drug-likeness (QED) is 0.774. The number of thiazole rings is 1. The monoisotopic (exact) mass is 342 g/mol. The third-order valence-corrected chi connectivity index (χ3v) is 5.26. The highest BCUT2D eigenvalue weighted by Gasteiger charge is 2.22. The largest absolute Gasteiger partial charge is 0.297 e. The van der Waals surface area contributed by atoms with Crippen molar-refractivity contribution in [3.63, 3.8) is 0 Å². The summed E-state index contributed by atoms with van der Waals surface area (Å²) in [6.07, 6.45) is 3.18. The van der Waals surface area contributed by atoms with Crippen molar-refractivity contribution in [2.75, 3.05) is 5.32 Å². The predicted octanol–water partition coefficient (Wildman–Crippen LogP) is 2.57. The number of nitrogens with zero attached hydrogens (tertiary/aromatic N) is 5. The van der Waals surface area contributed by atoms with E-state index < -0.39 is 0 Å². The standard InChI is InChI=1S/C16H18N6OS/c1-8-4-5-11-12(6-8)24-16(18-11)20-14(23)13-19-15-17-9(2)7-10(3)22(15)21-13/h7-8H,4-6H2,1-3H3,(H,18,20,23)/t8-/m1/s1. The second kappa shape index (κ2) is 5.62. The van der Waals surface area contributed by atoms with Crippen LogP contribution in [0.2, 0.25) is 0 Å². The third-order valence-electron chi connectivity index (χ3n) is 4.23. The van der Waals surface area contributed by atoms with Gasteiger partial charge < -0.3 is 0 Å². The second-order valence-electron chi connectivity index (χ2n) is 6.38. The normalized spacial score (nSPS) is 17.0. The molecule has 3 aromatic heterocycles. The van der Waals surface area contributed by atoms with Crippen molar-refractivity contribution in [3.8, 4) is 0 Å². The Balaban J connectivity index is 1.59. The van der Waals surface area contributed by atoms with Gasteiger partial charge in [0, 0.05) is 16.3 Å². The molecule has 0 spiro atoms. The Morgan fingerprint density at radius 3 is 3.00 bits per heavy atom. The zero-order valence-electron chi connectivity index (χ0n) is 13.8. The van der Waals surface area contributed by atoms with E-state index in [-0.39, 0.29) is 11.7 Å².